The molecule has 0 aromatic heterocycles. The van der Waals surface area contributed by atoms with E-state index in [-0.39, 0.29) is 24.0 Å². The summed E-state index contributed by atoms with van der Waals surface area (Å²) in [6, 6.07) is 0. The Morgan fingerprint density at radius 2 is 2.00 bits per heavy atom. The molecule has 0 radical (unpaired) electrons. The maximum absolute atomic E-state index is 3.51. The summed E-state index contributed by atoms with van der Waals surface area (Å²) in [5.41, 5.74) is 0. The molecule has 0 bridgehead atoms. The van der Waals surface area contributed by atoms with Gasteiger partial charge in [-0.3, -0.25) is 0 Å². The van der Waals surface area contributed by atoms with Crippen LogP contribution in [0.5, 0.6) is 0 Å². The van der Waals surface area contributed by atoms with Gasteiger partial charge in [0.05, 0.1) is 0 Å². The zero-order valence-corrected chi connectivity index (χ0v) is 8.20. The maximum Gasteiger partial charge on any atom is -1.00 e. The Bertz CT molecular complexity index is 20.9. The largest absolute Gasteiger partial charge is 1.00 e. The second kappa shape index (κ2) is 8.92. The fourth-order valence-electron chi connectivity index (χ4n) is 0. The van der Waals surface area contributed by atoms with Gasteiger partial charge in [0.1, 0.15) is 0 Å². The number of halogens is 1. The SMILES string of the molecule is C=C[CH2][Zn+].[I-]. The summed E-state index contributed by atoms with van der Waals surface area (Å²) in [7, 11) is 0. The van der Waals surface area contributed by atoms with Crippen LogP contribution < -0.4 is 24.0 Å². The third-order valence-electron chi connectivity index (χ3n) is 0.204. The van der Waals surface area contributed by atoms with Crippen LogP contribution in [0.15, 0.2) is 12.7 Å². The minimum atomic E-state index is 0. The molecular weight excluding hydrogens is 228 g/mol. The minimum Gasteiger partial charge on any atom is -1.00 e. The number of hydrogen-bond donors (Lipinski definition) is 0. The van der Waals surface area contributed by atoms with Gasteiger partial charge in [-0.15, -0.1) is 0 Å². The van der Waals surface area contributed by atoms with E-state index in [1.807, 2.05) is 6.08 Å². The topological polar surface area (TPSA) is 0 Å². The van der Waals surface area contributed by atoms with E-state index in [1.54, 1.807) is 0 Å². The predicted molar refractivity (Wildman–Crippen MR) is 15.0 cm³/mol. The van der Waals surface area contributed by atoms with Crippen molar-refractivity contribution in [1.82, 2.24) is 0 Å². The first-order valence-electron chi connectivity index (χ1n) is 1.32. The van der Waals surface area contributed by atoms with Crippen molar-refractivity contribution in [2.24, 2.45) is 0 Å². The predicted octanol–water partition coefficient (Wildman–Crippen LogP) is -1.86. The van der Waals surface area contributed by atoms with Gasteiger partial charge in [0.15, 0.2) is 0 Å². The Hall–Kier alpha value is 1.09. The second-order valence-electron chi connectivity index (χ2n) is 0.577. The molecule has 0 aromatic rings. The first kappa shape index (κ1) is 9.43. The van der Waals surface area contributed by atoms with Crippen LogP contribution in [-0.2, 0) is 18.3 Å². The van der Waals surface area contributed by atoms with Gasteiger partial charge in [-0.05, 0) is 0 Å². The van der Waals surface area contributed by atoms with Crippen molar-refractivity contribution < 1.29 is 42.3 Å². The van der Waals surface area contributed by atoms with Gasteiger partial charge >= 0.3 is 36.0 Å². The van der Waals surface area contributed by atoms with Gasteiger partial charge in [0.25, 0.3) is 0 Å². The van der Waals surface area contributed by atoms with E-state index in [0.29, 0.717) is 0 Å². The molecule has 0 unspecified atom stereocenters. The smallest absolute Gasteiger partial charge is 1.00 e. The van der Waals surface area contributed by atoms with Gasteiger partial charge < -0.3 is 24.0 Å². The number of rotatable bonds is 1. The molecule has 2 heteroatoms. The van der Waals surface area contributed by atoms with E-state index < -0.39 is 0 Å². The molecule has 0 atom stereocenters. The van der Waals surface area contributed by atoms with Gasteiger partial charge in [0.2, 0.25) is 0 Å². The van der Waals surface area contributed by atoms with Crippen LogP contribution in [0.2, 0.25) is 5.02 Å². The van der Waals surface area contributed by atoms with Crippen LogP contribution in [0.25, 0.3) is 0 Å². The van der Waals surface area contributed by atoms with Crippen LogP contribution in [0, 0.1) is 0 Å². The first-order chi connectivity index (χ1) is 1.91. The summed E-state index contributed by atoms with van der Waals surface area (Å²) in [6.07, 6.45) is 1.93. The van der Waals surface area contributed by atoms with Crippen molar-refractivity contribution in [3.8, 4) is 0 Å². The van der Waals surface area contributed by atoms with E-state index in [0.717, 1.165) is 0 Å². The molecular formula is C3H5IZn. The summed E-state index contributed by atoms with van der Waals surface area (Å²) < 4.78 is 0. The third kappa shape index (κ3) is 11.1. The molecule has 0 rings (SSSR count). The van der Waals surface area contributed by atoms with Gasteiger partial charge in [-0.25, -0.2) is 0 Å². The first-order valence-corrected chi connectivity index (χ1v) is 3.41. The average molecular weight is 233 g/mol. The molecule has 0 spiro atoms. The van der Waals surface area contributed by atoms with E-state index in [2.05, 4.69) is 6.58 Å². The Kier molecular flexibility index (Phi) is 16.8. The molecule has 0 amide bonds. The Morgan fingerprint density at radius 3 is 2.00 bits per heavy atom. The molecule has 0 heterocycles. The zero-order valence-electron chi connectivity index (χ0n) is 3.08. The molecule has 0 aliphatic carbocycles. The standard InChI is InChI=1S/C3H5.HI.Zn/c1-3-2;;/h3H,1-2H2;1H;/q;;+1/p-1. The summed E-state index contributed by atoms with van der Waals surface area (Å²) in [5, 5.41) is 1.21. The van der Waals surface area contributed by atoms with Crippen LogP contribution >= 0.6 is 0 Å². The van der Waals surface area contributed by atoms with Crippen LogP contribution in [-0.4, -0.2) is 0 Å². The maximum atomic E-state index is 3.51. The third-order valence-corrected chi connectivity index (χ3v) is 1.06. The Labute approximate surface area is 59.7 Å². The van der Waals surface area contributed by atoms with Crippen molar-refractivity contribution in [2.75, 3.05) is 0 Å². The monoisotopic (exact) mass is 232 g/mol. The second-order valence-corrected chi connectivity index (χ2v) is 1.79. The number of hydrogen-bond acceptors (Lipinski definition) is 0. The minimum absolute atomic E-state index is 0. The molecule has 0 nitrogen and oxygen atoms in total. The molecule has 0 N–H and O–H groups in total. The van der Waals surface area contributed by atoms with Crippen LogP contribution in [0.3, 0.4) is 0 Å². The summed E-state index contributed by atoms with van der Waals surface area (Å²) >= 11 is 1.35. The van der Waals surface area contributed by atoms with Crippen molar-refractivity contribution in [2.45, 2.75) is 5.02 Å². The molecule has 0 saturated carbocycles. The van der Waals surface area contributed by atoms with Crippen molar-refractivity contribution in [1.29, 1.82) is 0 Å². The van der Waals surface area contributed by atoms with E-state index in [9.17, 15) is 0 Å². The van der Waals surface area contributed by atoms with Gasteiger partial charge in [-0.1, -0.05) is 0 Å². The van der Waals surface area contributed by atoms with E-state index in [1.165, 1.54) is 23.3 Å². The molecule has 0 fully saturated rings. The molecule has 5 heavy (non-hydrogen) atoms. The van der Waals surface area contributed by atoms with E-state index in [4.69, 9.17) is 0 Å². The van der Waals surface area contributed by atoms with Crippen molar-refractivity contribution in [3.05, 3.63) is 12.7 Å². The Morgan fingerprint density at radius 1 is 1.80 bits per heavy atom. The molecule has 0 aliphatic rings. The molecule has 0 aromatic carbocycles. The van der Waals surface area contributed by atoms with Crippen molar-refractivity contribution in [3.63, 3.8) is 0 Å². The summed E-state index contributed by atoms with van der Waals surface area (Å²) in [6.45, 7) is 3.51. The fraction of sp³-hybridized carbons (Fsp3) is 0.333. The summed E-state index contributed by atoms with van der Waals surface area (Å²) in [4.78, 5) is 0. The van der Waals surface area contributed by atoms with E-state index >= 15 is 0 Å². The average Bonchev–Trinajstić information content (AvgIpc) is 1.37. The number of allylic oxidation sites excluding steroid dienone is 1. The fourth-order valence-corrected chi connectivity index (χ4v) is 0. The Balaban J connectivity index is 0. The normalized spacial score (nSPS) is 5.20. The van der Waals surface area contributed by atoms with Crippen molar-refractivity contribution >= 4 is 0 Å². The molecule has 0 aliphatic heterocycles. The molecule has 26 valence electrons. The van der Waals surface area contributed by atoms with Crippen LogP contribution in [0.1, 0.15) is 0 Å². The zero-order chi connectivity index (χ0) is 3.41. The van der Waals surface area contributed by atoms with Crippen LogP contribution in [0.4, 0.5) is 0 Å². The molecule has 0 saturated heterocycles. The quantitative estimate of drug-likeness (QED) is 0.283. The van der Waals surface area contributed by atoms with Gasteiger partial charge in [-0.2, -0.15) is 0 Å². The summed E-state index contributed by atoms with van der Waals surface area (Å²) in [5.74, 6) is 0. The van der Waals surface area contributed by atoms with Gasteiger partial charge in [0, 0.05) is 0 Å².